The fourth-order valence-corrected chi connectivity index (χ4v) is 2.51. The number of hydrogen-bond acceptors (Lipinski definition) is 6. The van der Waals surface area contributed by atoms with Crippen LogP contribution in [0.1, 0.15) is 29.3 Å². The third-order valence-corrected chi connectivity index (χ3v) is 3.78. The van der Waals surface area contributed by atoms with Crippen LogP contribution in [0, 0.1) is 13.8 Å². The topological polar surface area (TPSA) is 63.6 Å². The molecule has 0 fully saturated rings. The highest BCUT2D eigenvalue weighted by atomic mass is 32.1. The van der Waals surface area contributed by atoms with Crippen molar-refractivity contribution in [1.82, 2.24) is 4.98 Å². The quantitative estimate of drug-likeness (QED) is 0.504. The lowest BCUT2D eigenvalue weighted by Crippen LogP contribution is -2.07. The zero-order chi connectivity index (χ0) is 15.9. The minimum atomic E-state index is -0.266. The Morgan fingerprint density at radius 1 is 1.45 bits per heavy atom. The number of aryl methyl sites for hydroxylation is 2. The third kappa shape index (κ3) is 4.66. The third-order valence-electron chi connectivity index (χ3n) is 2.98. The maximum atomic E-state index is 11.4. The molecular formula is C16H19N3O2S. The molecule has 0 atom stereocenters. The number of ether oxygens (including phenoxy) is 1. The van der Waals surface area contributed by atoms with E-state index in [0.29, 0.717) is 17.4 Å². The van der Waals surface area contributed by atoms with E-state index < -0.39 is 0 Å². The number of hydrazone groups is 1. The molecule has 0 aliphatic heterocycles. The largest absolute Gasteiger partial charge is 0.466 e. The van der Waals surface area contributed by atoms with Crippen LogP contribution < -0.4 is 5.43 Å². The summed E-state index contributed by atoms with van der Waals surface area (Å²) in [5.41, 5.74) is 7.00. The van der Waals surface area contributed by atoms with E-state index in [2.05, 4.69) is 33.7 Å². The number of nitrogens with one attached hydrogen (secondary N) is 1. The van der Waals surface area contributed by atoms with Crippen molar-refractivity contribution in [3.05, 3.63) is 46.0 Å². The van der Waals surface area contributed by atoms with Crippen LogP contribution in [0.25, 0.3) is 0 Å². The minimum Gasteiger partial charge on any atom is -0.466 e. The molecule has 2 aromatic rings. The molecule has 1 N–H and O–H groups in total. The molecule has 1 aromatic heterocycles. The first kappa shape index (κ1) is 16.2. The maximum Gasteiger partial charge on any atom is 0.311 e. The van der Waals surface area contributed by atoms with Gasteiger partial charge in [-0.2, -0.15) is 5.10 Å². The summed E-state index contributed by atoms with van der Waals surface area (Å²) in [6.07, 6.45) is 1.96. The summed E-state index contributed by atoms with van der Waals surface area (Å²) in [6.45, 7) is 6.26. The molecule has 5 nitrogen and oxygen atoms in total. The van der Waals surface area contributed by atoms with Gasteiger partial charge in [-0.15, -0.1) is 11.3 Å². The molecule has 0 radical (unpaired) electrons. The Morgan fingerprint density at radius 2 is 2.27 bits per heavy atom. The van der Waals surface area contributed by atoms with Gasteiger partial charge in [0.15, 0.2) is 0 Å². The first-order valence-electron chi connectivity index (χ1n) is 7.05. The molecule has 0 bridgehead atoms. The molecular weight excluding hydrogens is 298 g/mol. The van der Waals surface area contributed by atoms with E-state index >= 15 is 0 Å². The molecule has 0 aliphatic rings. The van der Waals surface area contributed by atoms with Gasteiger partial charge in [-0.1, -0.05) is 23.8 Å². The lowest BCUT2D eigenvalue weighted by atomic mass is 10.1. The van der Waals surface area contributed by atoms with Crippen LogP contribution >= 0.6 is 11.3 Å². The summed E-state index contributed by atoms with van der Waals surface area (Å²) in [5, 5.41) is 6.68. The van der Waals surface area contributed by atoms with Crippen LogP contribution in [0.2, 0.25) is 0 Å². The van der Waals surface area contributed by atoms with Crippen molar-refractivity contribution in [3.8, 4) is 0 Å². The lowest BCUT2D eigenvalue weighted by molar-refractivity contribution is -0.142. The van der Waals surface area contributed by atoms with E-state index in [0.717, 1.165) is 5.56 Å². The normalized spacial score (nSPS) is 10.9. The highest BCUT2D eigenvalue weighted by molar-refractivity contribution is 7.13. The SMILES string of the molecule is CCOC(=O)Cc1csc(NN=Cc2cc(C)ccc2C)n1. The second-order valence-electron chi connectivity index (χ2n) is 4.86. The van der Waals surface area contributed by atoms with Crippen LogP contribution in [0.15, 0.2) is 28.7 Å². The summed E-state index contributed by atoms with van der Waals surface area (Å²) in [5.74, 6) is -0.266. The Balaban J connectivity index is 1.94. The first-order valence-corrected chi connectivity index (χ1v) is 7.93. The molecule has 116 valence electrons. The second kappa shape index (κ2) is 7.70. The lowest BCUT2D eigenvalue weighted by Gasteiger charge is -2.01. The van der Waals surface area contributed by atoms with Gasteiger partial charge >= 0.3 is 5.97 Å². The van der Waals surface area contributed by atoms with Crippen LogP contribution in [0.3, 0.4) is 0 Å². The highest BCUT2D eigenvalue weighted by Crippen LogP contribution is 2.16. The average molecular weight is 317 g/mol. The second-order valence-corrected chi connectivity index (χ2v) is 5.71. The summed E-state index contributed by atoms with van der Waals surface area (Å²) < 4.78 is 4.89. The predicted molar refractivity (Wildman–Crippen MR) is 89.6 cm³/mol. The van der Waals surface area contributed by atoms with Crippen molar-refractivity contribution in [2.45, 2.75) is 27.2 Å². The molecule has 0 unspecified atom stereocenters. The average Bonchev–Trinajstić information content (AvgIpc) is 2.90. The molecule has 0 amide bonds. The van der Waals surface area contributed by atoms with Gasteiger partial charge in [0, 0.05) is 5.38 Å². The van der Waals surface area contributed by atoms with E-state index in [1.807, 2.05) is 19.2 Å². The zero-order valence-electron chi connectivity index (χ0n) is 12.9. The summed E-state index contributed by atoms with van der Waals surface area (Å²) >= 11 is 1.41. The number of esters is 1. The number of rotatable bonds is 6. The molecule has 0 spiro atoms. The molecule has 1 aromatic carbocycles. The fourth-order valence-electron chi connectivity index (χ4n) is 1.86. The van der Waals surface area contributed by atoms with E-state index in [1.54, 1.807) is 13.1 Å². The number of aromatic nitrogens is 1. The van der Waals surface area contributed by atoms with Crippen molar-refractivity contribution in [2.75, 3.05) is 12.0 Å². The molecule has 2 rings (SSSR count). The first-order chi connectivity index (χ1) is 10.6. The van der Waals surface area contributed by atoms with Crippen molar-refractivity contribution in [2.24, 2.45) is 5.10 Å². The standard InChI is InChI=1S/C16H19N3O2S/c1-4-21-15(20)8-14-10-22-16(18-14)19-17-9-13-7-11(2)5-6-12(13)3/h5-7,9-10H,4,8H2,1-3H3,(H,18,19). The van der Waals surface area contributed by atoms with Crippen LogP contribution in [-0.4, -0.2) is 23.8 Å². The van der Waals surface area contributed by atoms with E-state index in [4.69, 9.17) is 4.74 Å². The number of hydrogen-bond donors (Lipinski definition) is 1. The molecule has 1 heterocycles. The minimum absolute atomic E-state index is 0.187. The summed E-state index contributed by atoms with van der Waals surface area (Å²) in [4.78, 5) is 15.7. The number of benzene rings is 1. The smallest absolute Gasteiger partial charge is 0.311 e. The van der Waals surface area contributed by atoms with E-state index in [-0.39, 0.29) is 12.4 Å². The predicted octanol–water partition coefficient (Wildman–Crippen LogP) is 3.31. The van der Waals surface area contributed by atoms with Crippen LogP contribution in [0.4, 0.5) is 5.13 Å². The Bertz CT molecular complexity index is 680. The van der Waals surface area contributed by atoms with E-state index in [1.165, 1.54) is 22.5 Å². The van der Waals surface area contributed by atoms with Crippen LogP contribution in [-0.2, 0) is 16.0 Å². The van der Waals surface area contributed by atoms with Crippen molar-refractivity contribution in [3.63, 3.8) is 0 Å². The zero-order valence-corrected chi connectivity index (χ0v) is 13.7. The van der Waals surface area contributed by atoms with E-state index in [9.17, 15) is 4.79 Å². The fraction of sp³-hybridized carbons (Fsp3) is 0.312. The highest BCUT2D eigenvalue weighted by Gasteiger charge is 2.07. The van der Waals surface area contributed by atoms with Crippen LogP contribution in [0.5, 0.6) is 0 Å². The van der Waals surface area contributed by atoms with Crippen molar-refractivity contribution < 1.29 is 9.53 Å². The van der Waals surface area contributed by atoms with Gasteiger partial charge in [-0.3, -0.25) is 10.2 Å². The number of carbonyl (C=O) groups is 1. The molecule has 0 saturated carbocycles. The summed E-state index contributed by atoms with van der Waals surface area (Å²) in [6, 6.07) is 6.22. The number of carbonyl (C=O) groups excluding carboxylic acids is 1. The monoisotopic (exact) mass is 317 g/mol. The Hall–Kier alpha value is -2.21. The van der Waals surface area contributed by atoms with Gasteiger partial charge in [-0.25, -0.2) is 4.98 Å². The van der Waals surface area contributed by atoms with Gasteiger partial charge in [-0.05, 0) is 31.9 Å². The number of thiazole rings is 1. The van der Waals surface area contributed by atoms with Crippen molar-refractivity contribution >= 4 is 28.7 Å². The molecule has 0 aliphatic carbocycles. The Morgan fingerprint density at radius 3 is 3.05 bits per heavy atom. The van der Waals surface area contributed by atoms with Gasteiger partial charge in [0.05, 0.1) is 24.9 Å². The summed E-state index contributed by atoms with van der Waals surface area (Å²) in [7, 11) is 0. The molecule has 0 saturated heterocycles. The Labute approximate surface area is 134 Å². The van der Waals surface area contributed by atoms with Crippen molar-refractivity contribution in [1.29, 1.82) is 0 Å². The van der Waals surface area contributed by atoms with Gasteiger partial charge < -0.3 is 4.74 Å². The van der Waals surface area contributed by atoms with Gasteiger partial charge in [0.25, 0.3) is 0 Å². The molecule has 6 heteroatoms. The molecule has 22 heavy (non-hydrogen) atoms. The van der Waals surface area contributed by atoms with Gasteiger partial charge in [0.1, 0.15) is 0 Å². The number of anilines is 1. The van der Waals surface area contributed by atoms with Gasteiger partial charge in [0.2, 0.25) is 5.13 Å². The Kier molecular flexibility index (Phi) is 5.66. The maximum absolute atomic E-state index is 11.4. The number of nitrogens with zero attached hydrogens (tertiary/aromatic N) is 2.